The number of pyridine rings is 1. The maximum absolute atomic E-state index is 12.7. The molecule has 6 nitrogen and oxygen atoms in total. The molecule has 6 heteroatoms. The fourth-order valence-electron chi connectivity index (χ4n) is 2.99. The molecule has 2 aromatic carbocycles. The van der Waals surface area contributed by atoms with Gasteiger partial charge in [0.05, 0.1) is 22.5 Å². The Morgan fingerprint density at radius 1 is 1.11 bits per heavy atom. The number of anilines is 1. The van der Waals surface area contributed by atoms with E-state index in [4.69, 9.17) is 9.26 Å². The topological polar surface area (TPSA) is 77.2 Å². The number of aryl methyl sites for hydroxylation is 2. The molecule has 0 atom stereocenters. The van der Waals surface area contributed by atoms with Gasteiger partial charge >= 0.3 is 0 Å². The molecule has 1 N–H and O–H groups in total. The third-order valence-corrected chi connectivity index (χ3v) is 4.54. The van der Waals surface area contributed by atoms with E-state index in [2.05, 4.69) is 15.5 Å². The van der Waals surface area contributed by atoms with Crippen molar-refractivity contribution in [3.63, 3.8) is 0 Å². The minimum atomic E-state index is -0.221. The fourth-order valence-corrected chi connectivity index (χ4v) is 2.99. The van der Waals surface area contributed by atoms with Crippen LogP contribution < -0.4 is 10.1 Å². The summed E-state index contributed by atoms with van der Waals surface area (Å²) < 4.78 is 11.0. The lowest BCUT2D eigenvalue weighted by Crippen LogP contribution is -2.12. The van der Waals surface area contributed by atoms with Gasteiger partial charge in [-0.05, 0) is 44.2 Å². The van der Waals surface area contributed by atoms with E-state index in [1.54, 1.807) is 24.4 Å². The molecular formula is C22H19N3O3. The third kappa shape index (κ3) is 3.57. The van der Waals surface area contributed by atoms with Gasteiger partial charge in [-0.2, -0.15) is 0 Å². The standard InChI is InChI=1S/C22H19N3O3/c1-14-19(15(2)28-25-14)13-27-18-9-3-7-17(12-18)22(26)24-20-10-4-6-16-8-5-11-23-21(16)20/h3-12H,13H2,1-2H3,(H,24,26). The molecule has 4 rings (SSSR count). The van der Waals surface area contributed by atoms with Crippen LogP contribution >= 0.6 is 0 Å². The molecule has 0 bridgehead atoms. The molecule has 2 aromatic heterocycles. The summed E-state index contributed by atoms with van der Waals surface area (Å²) in [6.45, 7) is 4.05. The van der Waals surface area contributed by atoms with E-state index in [0.717, 1.165) is 27.9 Å². The zero-order chi connectivity index (χ0) is 19.5. The van der Waals surface area contributed by atoms with Gasteiger partial charge in [0, 0.05) is 17.1 Å². The lowest BCUT2D eigenvalue weighted by Gasteiger charge is -2.10. The van der Waals surface area contributed by atoms with Crippen molar-refractivity contribution >= 4 is 22.5 Å². The number of rotatable bonds is 5. The molecule has 0 radical (unpaired) electrons. The minimum absolute atomic E-state index is 0.221. The average molecular weight is 373 g/mol. The maximum atomic E-state index is 12.7. The van der Waals surface area contributed by atoms with Crippen molar-refractivity contribution in [2.75, 3.05) is 5.32 Å². The van der Waals surface area contributed by atoms with Crippen molar-refractivity contribution in [1.29, 1.82) is 0 Å². The Labute approximate surface area is 162 Å². The van der Waals surface area contributed by atoms with Crippen molar-refractivity contribution < 1.29 is 14.1 Å². The number of fused-ring (bicyclic) bond motifs is 1. The fraction of sp³-hybridized carbons (Fsp3) is 0.136. The Bertz CT molecular complexity index is 1130. The summed E-state index contributed by atoms with van der Waals surface area (Å²) >= 11 is 0. The highest BCUT2D eigenvalue weighted by molar-refractivity contribution is 6.08. The summed E-state index contributed by atoms with van der Waals surface area (Å²) in [6, 6.07) is 16.6. The molecule has 1 amide bonds. The number of nitrogens with one attached hydrogen (secondary N) is 1. The SMILES string of the molecule is Cc1noc(C)c1COc1cccc(C(=O)Nc2cccc3cccnc23)c1. The van der Waals surface area contributed by atoms with Gasteiger partial charge in [0.15, 0.2) is 0 Å². The minimum Gasteiger partial charge on any atom is -0.489 e. The predicted octanol–water partition coefficient (Wildman–Crippen LogP) is 4.67. The summed E-state index contributed by atoms with van der Waals surface area (Å²) in [4.78, 5) is 17.1. The Balaban J connectivity index is 1.51. The summed E-state index contributed by atoms with van der Waals surface area (Å²) in [5, 5.41) is 7.82. The number of benzene rings is 2. The van der Waals surface area contributed by atoms with Crippen LogP contribution in [0.25, 0.3) is 10.9 Å². The average Bonchev–Trinajstić information content (AvgIpc) is 3.04. The molecule has 0 aliphatic carbocycles. The lowest BCUT2D eigenvalue weighted by molar-refractivity contribution is 0.102. The summed E-state index contributed by atoms with van der Waals surface area (Å²) in [5.74, 6) is 1.11. The van der Waals surface area contributed by atoms with Crippen LogP contribution in [0.15, 0.2) is 65.3 Å². The second-order valence-electron chi connectivity index (χ2n) is 6.45. The van der Waals surface area contributed by atoms with E-state index in [9.17, 15) is 4.79 Å². The van der Waals surface area contributed by atoms with Crippen LogP contribution in [0.3, 0.4) is 0 Å². The van der Waals surface area contributed by atoms with Gasteiger partial charge in [-0.25, -0.2) is 0 Å². The maximum Gasteiger partial charge on any atom is 0.255 e. The van der Waals surface area contributed by atoms with E-state index >= 15 is 0 Å². The molecule has 0 saturated heterocycles. The van der Waals surface area contributed by atoms with Gasteiger partial charge < -0.3 is 14.6 Å². The van der Waals surface area contributed by atoms with Crippen LogP contribution in [0, 0.1) is 13.8 Å². The Morgan fingerprint density at radius 3 is 2.75 bits per heavy atom. The molecule has 0 aliphatic heterocycles. The van der Waals surface area contributed by atoms with Crippen molar-refractivity contribution in [1.82, 2.24) is 10.1 Å². The second-order valence-corrected chi connectivity index (χ2v) is 6.45. The number of ether oxygens (including phenoxy) is 1. The van der Waals surface area contributed by atoms with E-state index in [1.165, 1.54) is 0 Å². The molecule has 0 saturated carbocycles. The zero-order valence-corrected chi connectivity index (χ0v) is 15.6. The van der Waals surface area contributed by atoms with Gasteiger partial charge in [-0.1, -0.05) is 29.4 Å². The highest BCUT2D eigenvalue weighted by Gasteiger charge is 2.12. The Morgan fingerprint density at radius 2 is 1.93 bits per heavy atom. The molecule has 140 valence electrons. The van der Waals surface area contributed by atoms with Crippen LogP contribution in [-0.4, -0.2) is 16.0 Å². The summed E-state index contributed by atoms with van der Waals surface area (Å²) in [6.07, 6.45) is 1.71. The number of amides is 1. The van der Waals surface area contributed by atoms with E-state index in [-0.39, 0.29) is 5.91 Å². The number of hydrogen-bond donors (Lipinski definition) is 1. The number of para-hydroxylation sites is 1. The quantitative estimate of drug-likeness (QED) is 0.550. The molecule has 0 aliphatic rings. The highest BCUT2D eigenvalue weighted by atomic mass is 16.5. The van der Waals surface area contributed by atoms with Crippen molar-refractivity contribution in [2.24, 2.45) is 0 Å². The van der Waals surface area contributed by atoms with Gasteiger partial charge in [-0.3, -0.25) is 9.78 Å². The van der Waals surface area contributed by atoms with Crippen molar-refractivity contribution in [2.45, 2.75) is 20.5 Å². The van der Waals surface area contributed by atoms with Gasteiger partial charge in [0.1, 0.15) is 18.1 Å². The third-order valence-electron chi connectivity index (χ3n) is 4.54. The Kier molecular flexibility index (Phi) is 4.76. The van der Waals surface area contributed by atoms with Crippen LogP contribution in [0.4, 0.5) is 5.69 Å². The number of hydrogen-bond acceptors (Lipinski definition) is 5. The zero-order valence-electron chi connectivity index (χ0n) is 15.6. The molecule has 0 spiro atoms. The second kappa shape index (κ2) is 7.52. The van der Waals surface area contributed by atoms with Gasteiger partial charge in [0.25, 0.3) is 5.91 Å². The normalized spacial score (nSPS) is 10.8. The van der Waals surface area contributed by atoms with Gasteiger partial charge in [-0.15, -0.1) is 0 Å². The highest BCUT2D eigenvalue weighted by Crippen LogP contribution is 2.23. The van der Waals surface area contributed by atoms with E-state index < -0.39 is 0 Å². The molecule has 28 heavy (non-hydrogen) atoms. The number of carbonyl (C=O) groups is 1. The molecular weight excluding hydrogens is 354 g/mol. The Hall–Kier alpha value is -3.67. The molecule has 2 heterocycles. The van der Waals surface area contributed by atoms with E-state index in [1.807, 2.05) is 50.2 Å². The van der Waals surface area contributed by atoms with Crippen LogP contribution in [0.2, 0.25) is 0 Å². The van der Waals surface area contributed by atoms with Gasteiger partial charge in [0.2, 0.25) is 0 Å². The summed E-state index contributed by atoms with van der Waals surface area (Å²) in [7, 11) is 0. The first-order valence-electron chi connectivity index (χ1n) is 8.91. The molecule has 0 fully saturated rings. The predicted molar refractivity (Wildman–Crippen MR) is 106 cm³/mol. The van der Waals surface area contributed by atoms with Crippen molar-refractivity contribution in [3.05, 3.63) is 83.4 Å². The van der Waals surface area contributed by atoms with Crippen LogP contribution in [0.5, 0.6) is 5.75 Å². The monoisotopic (exact) mass is 373 g/mol. The van der Waals surface area contributed by atoms with Crippen LogP contribution in [0.1, 0.15) is 27.4 Å². The summed E-state index contributed by atoms with van der Waals surface area (Å²) in [5.41, 5.74) is 3.64. The lowest BCUT2D eigenvalue weighted by atomic mass is 10.1. The molecule has 4 aromatic rings. The largest absolute Gasteiger partial charge is 0.489 e. The van der Waals surface area contributed by atoms with E-state index in [0.29, 0.717) is 23.6 Å². The number of carbonyl (C=O) groups excluding carboxylic acids is 1. The van der Waals surface area contributed by atoms with Crippen LogP contribution in [-0.2, 0) is 6.61 Å². The first-order chi connectivity index (χ1) is 13.6. The molecule has 0 unspecified atom stereocenters. The first-order valence-corrected chi connectivity index (χ1v) is 8.91. The van der Waals surface area contributed by atoms with Crippen molar-refractivity contribution in [3.8, 4) is 5.75 Å². The number of nitrogens with zero attached hydrogens (tertiary/aromatic N) is 2. The first kappa shape index (κ1) is 17.7. The number of aromatic nitrogens is 2. The smallest absolute Gasteiger partial charge is 0.255 e.